The number of thioether (sulfide) groups is 1. The molecule has 1 fully saturated rings. The van der Waals surface area contributed by atoms with Gasteiger partial charge in [0.1, 0.15) is 0 Å². The highest BCUT2D eigenvalue weighted by molar-refractivity contribution is 14.0. The molecule has 2 rings (SSSR count). The number of hydrogen-bond acceptors (Lipinski definition) is 3. The zero-order valence-corrected chi connectivity index (χ0v) is 17.3. The van der Waals surface area contributed by atoms with Crippen molar-refractivity contribution in [2.45, 2.75) is 50.9 Å². The van der Waals surface area contributed by atoms with Crippen LogP contribution in [0, 0.1) is 13.8 Å². The Morgan fingerprint density at radius 1 is 1.41 bits per heavy atom. The Morgan fingerprint density at radius 2 is 2.14 bits per heavy atom. The van der Waals surface area contributed by atoms with Gasteiger partial charge in [-0.2, -0.15) is 16.9 Å². The van der Waals surface area contributed by atoms with E-state index in [1.807, 2.05) is 30.5 Å². The average molecular weight is 437 g/mol. The number of hydrogen-bond donors (Lipinski definition) is 2. The van der Waals surface area contributed by atoms with E-state index in [1.54, 1.807) is 0 Å². The van der Waals surface area contributed by atoms with Crippen molar-refractivity contribution < 1.29 is 0 Å². The highest BCUT2D eigenvalue weighted by Crippen LogP contribution is 2.28. The molecule has 2 atom stereocenters. The maximum absolute atomic E-state index is 4.45. The normalized spacial score (nSPS) is 21.6. The van der Waals surface area contributed by atoms with Crippen molar-refractivity contribution in [3.8, 4) is 0 Å². The molecular formula is C15H28IN5S. The summed E-state index contributed by atoms with van der Waals surface area (Å²) >= 11 is 1.98. The summed E-state index contributed by atoms with van der Waals surface area (Å²) in [5.41, 5.74) is 3.55. The number of aromatic nitrogens is 2. The number of aryl methyl sites for hydroxylation is 2. The monoisotopic (exact) mass is 437 g/mol. The molecule has 126 valence electrons. The SMILES string of the molecule is CN=C(NCc1c(C)nn(C)c1C)NC1CCC(SC)C1.I. The lowest BCUT2D eigenvalue weighted by atomic mass is 10.2. The van der Waals surface area contributed by atoms with E-state index in [4.69, 9.17) is 0 Å². The van der Waals surface area contributed by atoms with Crippen LogP contribution in [0.25, 0.3) is 0 Å². The molecule has 5 nitrogen and oxygen atoms in total. The topological polar surface area (TPSA) is 54.2 Å². The van der Waals surface area contributed by atoms with Crippen molar-refractivity contribution >= 4 is 41.7 Å². The Morgan fingerprint density at radius 3 is 2.64 bits per heavy atom. The van der Waals surface area contributed by atoms with Crippen LogP contribution in [-0.2, 0) is 13.6 Å². The number of rotatable bonds is 4. The molecule has 2 N–H and O–H groups in total. The van der Waals surface area contributed by atoms with Crippen molar-refractivity contribution in [1.82, 2.24) is 20.4 Å². The third-order valence-electron chi connectivity index (χ3n) is 4.37. The Labute approximate surface area is 155 Å². The minimum atomic E-state index is 0. The zero-order chi connectivity index (χ0) is 15.4. The van der Waals surface area contributed by atoms with Gasteiger partial charge in [-0.05, 0) is 39.4 Å². The van der Waals surface area contributed by atoms with Gasteiger partial charge >= 0.3 is 0 Å². The Bertz CT molecular complexity index is 514. The number of aliphatic imine (C=N–C) groups is 1. The smallest absolute Gasteiger partial charge is 0.191 e. The van der Waals surface area contributed by atoms with Crippen LogP contribution in [0.1, 0.15) is 36.2 Å². The van der Waals surface area contributed by atoms with Crippen LogP contribution >= 0.6 is 35.7 Å². The number of nitrogens with one attached hydrogen (secondary N) is 2. The molecule has 1 aromatic heterocycles. The van der Waals surface area contributed by atoms with E-state index in [0.717, 1.165) is 23.4 Å². The summed E-state index contributed by atoms with van der Waals surface area (Å²) in [6.07, 6.45) is 5.97. The molecule has 0 radical (unpaired) electrons. The van der Waals surface area contributed by atoms with Gasteiger partial charge < -0.3 is 10.6 Å². The summed E-state index contributed by atoms with van der Waals surface area (Å²) in [6, 6.07) is 0.546. The highest BCUT2D eigenvalue weighted by atomic mass is 127. The second-order valence-corrected chi connectivity index (χ2v) is 6.85. The van der Waals surface area contributed by atoms with Gasteiger partial charge in [-0.3, -0.25) is 9.67 Å². The fourth-order valence-corrected chi connectivity index (χ4v) is 3.72. The van der Waals surface area contributed by atoms with Crippen molar-refractivity contribution in [1.29, 1.82) is 0 Å². The van der Waals surface area contributed by atoms with Crippen LogP contribution in [0.4, 0.5) is 0 Å². The van der Waals surface area contributed by atoms with Crippen molar-refractivity contribution in [3.05, 3.63) is 17.0 Å². The van der Waals surface area contributed by atoms with E-state index in [-0.39, 0.29) is 24.0 Å². The third kappa shape index (κ3) is 4.78. The molecule has 0 aromatic carbocycles. The lowest BCUT2D eigenvalue weighted by Gasteiger charge is -2.17. The second-order valence-electron chi connectivity index (χ2n) is 5.71. The van der Waals surface area contributed by atoms with Gasteiger partial charge in [-0.25, -0.2) is 0 Å². The van der Waals surface area contributed by atoms with E-state index in [0.29, 0.717) is 6.04 Å². The predicted molar refractivity (Wildman–Crippen MR) is 106 cm³/mol. The maximum atomic E-state index is 4.45. The van der Waals surface area contributed by atoms with E-state index in [1.165, 1.54) is 30.5 Å². The van der Waals surface area contributed by atoms with Crippen LogP contribution in [0.15, 0.2) is 4.99 Å². The molecule has 1 heterocycles. The first-order chi connectivity index (χ1) is 10.0. The maximum Gasteiger partial charge on any atom is 0.191 e. The summed E-state index contributed by atoms with van der Waals surface area (Å²) in [5.74, 6) is 0.893. The van der Waals surface area contributed by atoms with Crippen LogP contribution in [0.2, 0.25) is 0 Å². The Balaban J connectivity index is 0.00000242. The fraction of sp³-hybridized carbons (Fsp3) is 0.733. The van der Waals surface area contributed by atoms with Crippen molar-refractivity contribution in [2.75, 3.05) is 13.3 Å². The Kier molecular flexibility index (Phi) is 8.02. The highest BCUT2D eigenvalue weighted by Gasteiger charge is 2.24. The van der Waals surface area contributed by atoms with E-state index in [2.05, 4.69) is 40.8 Å². The standard InChI is InChI=1S/C15H27N5S.HI/c1-10-14(11(2)20(4)19-10)9-17-15(16-3)18-12-6-7-13(8-12)21-5;/h12-13H,6-9H2,1-5H3,(H2,16,17,18);1H. The largest absolute Gasteiger partial charge is 0.354 e. The van der Waals surface area contributed by atoms with Gasteiger partial charge in [-0.15, -0.1) is 24.0 Å². The van der Waals surface area contributed by atoms with Crippen LogP contribution in [-0.4, -0.2) is 40.3 Å². The summed E-state index contributed by atoms with van der Waals surface area (Å²) in [6.45, 7) is 4.93. The molecule has 0 bridgehead atoms. The van der Waals surface area contributed by atoms with Gasteiger partial charge in [-0.1, -0.05) is 0 Å². The summed E-state index contributed by atoms with van der Waals surface area (Å²) in [7, 11) is 3.82. The zero-order valence-electron chi connectivity index (χ0n) is 14.1. The van der Waals surface area contributed by atoms with E-state index in [9.17, 15) is 0 Å². The van der Waals surface area contributed by atoms with Crippen LogP contribution in [0.3, 0.4) is 0 Å². The molecule has 0 saturated heterocycles. The van der Waals surface area contributed by atoms with Gasteiger partial charge in [0.2, 0.25) is 0 Å². The molecule has 0 spiro atoms. The molecule has 1 aliphatic carbocycles. The summed E-state index contributed by atoms with van der Waals surface area (Å²) < 4.78 is 1.93. The van der Waals surface area contributed by atoms with Gasteiger partial charge in [0.05, 0.1) is 5.69 Å². The summed E-state index contributed by atoms with van der Waals surface area (Å²) in [5, 5.41) is 12.2. The van der Waals surface area contributed by atoms with Crippen LogP contribution in [0.5, 0.6) is 0 Å². The average Bonchev–Trinajstić information content (AvgIpc) is 3.01. The first-order valence-corrected chi connectivity index (χ1v) is 8.83. The molecule has 22 heavy (non-hydrogen) atoms. The predicted octanol–water partition coefficient (Wildman–Crippen LogP) is 2.60. The molecule has 0 amide bonds. The van der Waals surface area contributed by atoms with Crippen LogP contribution < -0.4 is 10.6 Å². The first-order valence-electron chi connectivity index (χ1n) is 7.54. The minimum absolute atomic E-state index is 0. The minimum Gasteiger partial charge on any atom is -0.354 e. The van der Waals surface area contributed by atoms with Crippen molar-refractivity contribution in [3.63, 3.8) is 0 Å². The van der Waals surface area contributed by atoms with Gasteiger partial charge in [0, 0.05) is 43.2 Å². The lowest BCUT2D eigenvalue weighted by Crippen LogP contribution is -2.42. The van der Waals surface area contributed by atoms with E-state index >= 15 is 0 Å². The van der Waals surface area contributed by atoms with E-state index < -0.39 is 0 Å². The van der Waals surface area contributed by atoms with Crippen molar-refractivity contribution in [2.24, 2.45) is 12.0 Å². The number of guanidine groups is 1. The quantitative estimate of drug-likeness (QED) is 0.432. The first kappa shape index (κ1) is 19.6. The van der Waals surface area contributed by atoms with Gasteiger partial charge in [0.15, 0.2) is 5.96 Å². The molecule has 0 aliphatic heterocycles. The molecule has 1 aliphatic rings. The lowest BCUT2D eigenvalue weighted by molar-refractivity contribution is 0.614. The third-order valence-corrected chi connectivity index (χ3v) is 5.47. The Hall–Kier alpha value is -0.440. The molecular weight excluding hydrogens is 409 g/mol. The molecule has 7 heteroatoms. The summed E-state index contributed by atoms with van der Waals surface area (Å²) in [4.78, 5) is 4.34. The molecule has 2 unspecified atom stereocenters. The molecule has 1 saturated carbocycles. The van der Waals surface area contributed by atoms with Gasteiger partial charge in [0.25, 0.3) is 0 Å². The number of halogens is 1. The fourth-order valence-electron chi connectivity index (χ4n) is 2.92. The number of nitrogens with zero attached hydrogens (tertiary/aromatic N) is 3. The molecule has 1 aromatic rings. The second kappa shape index (κ2) is 9.00.